The van der Waals surface area contributed by atoms with Gasteiger partial charge in [0.2, 0.25) is 0 Å². The van der Waals surface area contributed by atoms with Crippen LogP contribution in [-0.2, 0) is 0 Å². The van der Waals surface area contributed by atoms with E-state index in [2.05, 4.69) is 44.7 Å². The summed E-state index contributed by atoms with van der Waals surface area (Å²) in [4.78, 5) is 12.8. The molecule has 0 fully saturated rings. The topological polar surface area (TPSA) is 69.6 Å². The third-order valence-electron chi connectivity index (χ3n) is 2.49. The Morgan fingerprint density at radius 1 is 1.35 bits per heavy atom. The first-order valence-electron chi connectivity index (χ1n) is 5.32. The molecule has 17 heavy (non-hydrogen) atoms. The molecule has 0 saturated heterocycles. The summed E-state index contributed by atoms with van der Waals surface area (Å²) in [6.45, 7) is 6.06. The Labute approximate surface area is 108 Å². The molecular weight excluding hydrogens is 282 g/mol. The summed E-state index contributed by atoms with van der Waals surface area (Å²) in [6, 6.07) is 0.307. The first kappa shape index (κ1) is 12.0. The third kappa shape index (κ3) is 2.17. The van der Waals surface area contributed by atoms with Gasteiger partial charge in [0.05, 0.1) is 22.7 Å². The molecule has 6 heteroatoms. The smallest absolute Gasteiger partial charge is 0.180 e. The Balaban J connectivity index is 2.57. The van der Waals surface area contributed by atoms with Crippen molar-refractivity contribution in [2.75, 3.05) is 5.73 Å². The fourth-order valence-corrected chi connectivity index (χ4v) is 1.76. The summed E-state index contributed by atoms with van der Waals surface area (Å²) in [5.74, 6) is 1.05. The van der Waals surface area contributed by atoms with Crippen LogP contribution >= 0.6 is 15.9 Å². The van der Waals surface area contributed by atoms with Crippen LogP contribution in [0.1, 0.15) is 25.6 Å². The Hall–Kier alpha value is -1.43. The molecule has 90 valence electrons. The van der Waals surface area contributed by atoms with Gasteiger partial charge in [-0.2, -0.15) is 0 Å². The van der Waals surface area contributed by atoms with Gasteiger partial charge in [0.15, 0.2) is 5.82 Å². The van der Waals surface area contributed by atoms with Gasteiger partial charge in [0, 0.05) is 6.04 Å². The van der Waals surface area contributed by atoms with E-state index >= 15 is 0 Å². The summed E-state index contributed by atoms with van der Waals surface area (Å²) in [5, 5.41) is 0. The largest absolute Gasteiger partial charge is 0.383 e. The fourth-order valence-electron chi connectivity index (χ4n) is 1.59. The van der Waals surface area contributed by atoms with Crippen LogP contribution < -0.4 is 5.73 Å². The minimum Gasteiger partial charge on any atom is -0.383 e. The minimum atomic E-state index is 0.307. The molecule has 0 atom stereocenters. The number of rotatable bonds is 2. The Morgan fingerprint density at radius 3 is 2.65 bits per heavy atom. The monoisotopic (exact) mass is 295 g/mol. The number of nitrogens with two attached hydrogens (primary N) is 1. The molecule has 2 aromatic heterocycles. The van der Waals surface area contributed by atoms with Crippen LogP contribution in [0.2, 0.25) is 0 Å². The summed E-state index contributed by atoms with van der Waals surface area (Å²) >= 11 is 3.35. The van der Waals surface area contributed by atoms with Crippen molar-refractivity contribution in [2.24, 2.45) is 0 Å². The fraction of sp³-hybridized carbons (Fsp3) is 0.364. The van der Waals surface area contributed by atoms with Gasteiger partial charge in [-0.1, -0.05) is 0 Å². The van der Waals surface area contributed by atoms with Gasteiger partial charge < -0.3 is 10.3 Å². The maximum atomic E-state index is 5.83. The zero-order chi connectivity index (χ0) is 12.6. The second-order valence-corrected chi connectivity index (χ2v) is 4.90. The lowest BCUT2D eigenvalue weighted by atomic mass is 10.3. The molecule has 0 bridgehead atoms. The van der Waals surface area contributed by atoms with E-state index in [0.717, 1.165) is 15.9 Å². The molecule has 0 saturated carbocycles. The lowest BCUT2D eigenvalue weighted by Crippen LogP contribution is -2.06. The van der Waals surface area contributed by atoms with E-state index in [9.17, 15) is 0 Å². The number of halogens is 1. The molecule has 2 rings (SSSR count). The lowest BCUT2D eigenvalue weighted by Gasteiger charge is -2.11. The first-order valence-corrected chi connectivity index (χ1v) is 6.11. The van der Waals surface area contributed by atoms with Gasteiger partial charge in [-0.3, -0.25) is 0 Å². The summed E-state index contributed by atoms with van der Waals surface area (Å²) < 4.78 is 2.76. The van der Waals surface area contributed by atoms with Crippen molar-refractivity contribution in [3.63, 3.8) is 0 Å². The van der Waals surface area contributed by atoms with Gasteiger partial charge in [-0.25, -0.2) is 15.0 Å². The van der Waals surface area contributed by atoms with E-state index in [1.54, 1.807) is 12.5 Å². The van der Waals surface area contributed by atoms with Gasteiger partial charge in [-0.15, -0.1) is 0 Å². The van der Waals surface area contributed by atoms with E-state index < -0.39 is 0 Å². The normalized spacial score (nSPS) is 11.1. The maximum Gasteiger partial charge on any atom is 0.180 e. The maximum absolute atomic E-state index is 5.83. The number of aryl methyl sites for hydroxylation is 1. The van der Waals surface area contributed by atoms with E-state index in [-0.39, 0.29) is 0 Å². The highest BCUT2D eigenvalue weighted by molar-refractivity contribution is 9.10. The van der Waals surface area contributed by atoms with Crippen LogP contribution in [0.5, 0.6) is 0 Å². The number of imidazole rings is 1. The zero-order valence-corrected chi connectivity index (χ0v) is 11.6. The summed E-state index contributed by atoms with van der Waals surface area (Å²) in [5.41, 5.74) is 7.53. The van der Waals surface area contributed by atoms with E-state index in [4.69, 9.17) is 5.73 Å². The Kier molecular flexibility index (Phi) is 3.15. The Morgan fingerprint density at radius 2 is 2.06 bits per heavy atom. The van der Waals surface area contributed by atoms with Crippen LogP contribution in [0.25, 0.3) is 11.5 Å². The predicted octanol–water partition coefficient (Wildman–Crippen LogP) is 2.57. The third-order valence-corrected chi connectivity index (χ3v) is 3.47. The lowest BCUT2D eigenvalue weighted by molar-refractivity contribution is 0.603. The van der Waals surface area contributed by atoms with Crippen molar-refractivity contribution in [3.05, 3.63) is 22.7 Å². The molecule has 0 amide bonds. The van der Waals surface area contributed by atoms with Crippen LogP contribution in [0.15, 0.2) is 17.0 Å². The van der Waals surface area contributed by atoms with E-state index in [0.29, 0.717) is 17.7 Å². The predicted molar refractivity (Wildman–Crippen MR) is 70.5 cm³/mol. The number of aromatic nitrogens is 4. The SMILES string of the molecule is Cc1nc(-c2cncn2C(C)C)nc(N)c1Br. The van der Waals surface area contributed by atoms with Crippen LogP contribution in [-0.4, -0.2) is 19.5 Å². The Bertz CT molecular complexity index is 524. The highest BCUT2D eigenvalue weighted by atomic mass is 79.9. The van der Waals surface area contributed by atoms with Gasteiger partial charge in [0.1, 0.15) is 11.5 Å². The molecular formula is C11H14BrN5. The van der Waals surface area contributed by atoms with Gasteiger partial charge in [0.25, 0.3) is 0 Å². The molecule has 2 heterocycles. The first-order chi connectivity index (χ1) is 8.00. The number of hydrogen-bond donors (Lipinski definition) is 1. The second-order valence-electron chi connectivity index (χ2n) is 4.11. The quantitative estimate of drug-likeness (QED) is 0.924. The average Bonchev–Trinajstić information content (AvgIpc) is 2.74. The molecule has 2 aromatic rings. The molecule has 0 aromatic carbocycles. The molecule has 5 nitrogen and oxygen atoms in total. The van der Waals surface area contributed by atoms with Crippen molar-refractivity contribution in [2.45, 2.75) is 26.8 Å². The zero-order valence-electron chi connectivity index (χ0n) is 9.98. The minimum absolute atomic E-state index is 0.307. The highest BCUT2D eigenvalue weighted by Gasteiger charge is 2.13. The number of nitrogens with zero attached hydrogens (tertiary/aromatic N) is 4. The molecule has 0 aliphatic heterocycles. The van der Waals surface area contributed by atoms with Crippen molar-refractivity contribution in [1.29, 1.82) is 0 Å². The molecule has 0 aliphatic carbocycles. The van der Waals surface area contributed by atoms with Crippen LogP contribution in [0.4, 0.5) is 5.82 Å². The van der Waals surface area contributed by atoms with Gasteiger partial charge >= 0.3 is 0 Å². The molecule has 0 unspecified atom stereocenters. The second kappa shape index (κ2) is 4.44. The van der Waals surface area contributed by atoms with Crippen molar-refractivity contribution in [1.82, 2.24) is 19.5 Å². The van der Waals surface area contributed by atoms with Crippen LogP contribution in [0.3, 0.4) is 0 Å². The van der Waals surface area contributed by atoms with E-state index in [1.807, 2.05) is 11.5 Å². The average molecular weight is 296 g/mol. The molecule has 0 aliphatic rings. The van der Waals surface area contributed by atoms with Crippen molar-refractivity contribution >= 4 is 21.7 Å². The number of nitrogen functional groups attached to an aromatic ring is 1. The van der Waals surface area contributed by atoms with Gasteiger partial charge in [-0.05, 0) is 36.7 Å². The summed E-state index contributed by atoms with van der Waals surface area (Å²) in [6.07, 6.45) is 3.53. The molecule has 0 radical (unpaired) electrons. The highest BCUT2D eigenvalue weighted by Crippen LogP contribution is 2.25. The van der Waals surface area contributed by atoms with Crippen LogP contribution in [0, 0.1) is 6.92 Å². The standard InChI is InChI=1S/C11H14BrN5/c1-6(2)17-5-14-4-8(17)11-15-7(3)9(12)10(13)16-11/h4-6H,1-3H3,(H2,13,15,16). The summed E-state index contributed by atoms with van der Waals surface area (Å²) in [7, 11) is 0. The van der Waals surface area contributed by atoms with E-state index in [1.165, 1.54) is 0 Å². The molecule has 2 N–H and O–H groups in total. The number of hydrogen-bond acceptors (Lipinski definition) is 4. The molecule has 0 spiro atoms. The van der Waals surface area contributed by atoms with Crippen molar-refractivity contribution in [3.8, 4) is 11.5 Å². The number of anilines is 1. The van der Waals surface area contributed by atoms with Crippen molar-refractivity contribution < 1.29 is 0 Å².